The molecule has 0 aromatic heterocycles. The molecule has 0 aliphatic rings. The van der Waals surface area contributed by atoms with Crippen LogP contribution >= 0.6 is 34.8 Å². The maximum atomic E-state index is 6.51. The first kappa shape index (κ1) is 24.2. The molecule has 2 nitrogen and oxygen atoms in total. The van der Waals surface area contributed by atoms with Crippen LogP contribution in [-0.2, 0) is 5.41 Å². The molecule has 2 atom stereocenters. The Kier molecular flexibility index (Phi) is 9.00. The number of benzene rings is 2. The Labute approximate surface area is 190 Å². The lowest BCUT2D eigenvalue weighted by Gasteiger charge is -2.27. The predicted molar refractivity (Wildman–Crippen MR) is 125 cm³/mol. The highest BCUT2D eigenvalue weighted by Crippen LogP contribution is 2.38. The first-order valence-electron chi connectivity index (χ1n) is 10.1. The number of hydrogen-bond acceptors (Lipinski definition) is 2. The van der Waals surface area contributed by atoms with Gasteiger partial charge in [-0.15, -0.1) is 11.6 Å². The number of halogens is 3. The molecule has 160 valence electrons. The van der Waals surface area contributed by atoms with Crippen molar-refractivity contribution >= 4 is 34.8 Å². The Hall–Kier alpha value is -1.09. The molecule has 0 saturated carbocycles. The van der Waals surface area contributed by atoms with Gasteiger partial charge in [0.1, 0.15) is 11.5 Å². The number of alkyl halides is 1. The fraction of sp³-hybridized carbons (Fsp3) is 0.500. The van der Waals surface area contributed by atoms with Crippen molar-refractivity contribution in [2.75, 3.05) is 19.1 Å². The molecule has 0 aliphatic heterocycles. The molecule has 0 spiro atoms. The summed E-state index contributed by atoms with van der Waals surface area (Å²) in [5.41, 5.74) is 1.91. The van der Waals surface area contributed by atoms with Gasteiger partial charge in [-0.3, -0.25) is 0 Å². The summed E-state index contributed by atoms with van der Waals surface area (Å²) < 4.78 is 11.7. The van der Waals surface area contributed by atoms with Gasteiger partial charge in [-0.1, -0.05) is 76.4 Å². The molecule has 0 amide bonds. The van der Waals surface area contributed by atoms with Gasteiger partial charge in [0.25, 0.3) is 0 Å². The van der Waals surface area contributed by atoms with Crippen LogP contribution in [0.1, 0.15) is 52.2 Å². The van der Waals surface area contributed by atoms with Crippen molar-refractivity contribution in [1.82, 2.24) is 0 Å². The van der Waals surface area contributed by atoms with Crippen LogP contribution in [0.15, 0.2) is 36.4 Å². The third-order valence-corrected chi connectivity index (χ3v) is 6.43. The second-order valence-electron chi connectivity index (χ2n) is 8.31. The van der Waals surface area contributed by atoms with Crippen molar-refractivity contribution in [2.24, 2.45) is 11.8 Å². The van der Waals surface area contributed by atoms with Gasteiger partial charge < -0.3 is 9.47 Å². The highest BCUT2D eigenvalue weighted by atomic mass is 35.5. The number of hydrogen-bond donors (Lipinski definition) is 0. The number of ether oxygens (including phenoxy) is 2. The van der Waals surface area contributed by atoms with E-state index in [0.29, 0.717) is 40.8 Å². The molecule has 0 heterocycles. The highest BCUT2D eigenvalue weighted by molar-refractivity contribution is 6.32. The third kappa shape index (κ3) is 6.44. The summed E-state index contributed by atoms with van der Waals surface area (Å²) in [4.78, 5) is 0. The average molecular weight is 458 g/mol. The third-order valence-electron chi connectivity index (χ3n) is 5.31. The van der Waals surface area contributed by atoms with E-state index in [2.05, 4.69) is 33.8 Å². The van der Waals surface area contributed by atoms with Crippen molar-refractivity contribution in [3.8, 4) is 11.5 Å². The van der Waals surface area contributed by atoms with Gasteiger partial charge in [-0.25, -0.2) is 0 Å². The average Bonchev–Trinajstić information content (AvgIpc) is 2.71. The Bertz CT molecular complexity index is 739. The van der Waals surface area contributed by atoms with E-state index < -0.39 is 0 Å². The van der Waals surface area contributed by atoms with Crippen LogP contribution in [0.5, 0.6) is 11.5 Å². The lowest BCUT2D eigenvalue weighted by Crippen LogP contribution is -2.19. The van der Waals surface area contributed by atoms with Crippen LogP contribution in [-0.4, -0.2) is 19.1 Å². The summed E-state index contributed by atoms with van der Waals surface area (Å²) in [6, 6.07) is 11.9. The van der Waals surface area contributed by atoms with Gasteiger partial charge >= 0.3 is 0 Å². The molecule has 0 bridgehead atoms. The van der Waals surface area contributed by atoms with Crippen LogP contribution in [0.25, 0.3) is 0 Å². The van der Waals surface area contributed by atoms with Crippen LogP contribution in [0, 0.1) is 11.8 Å². The Morgan fingerprint density at radius 3 is 1.66 bits per heavy atom. The van der Waals surface area contributed by atoms with Crippen molar-refractivity contribution in [3.05, 3.63) is 57.6 Å². The fourth-order valence-electron chi connectivity index (χ4n) is 2.81. The SMILES string of the molecule is CC[C@H](C)COc1ccc(C(C)(C)c2ccc(OC[C@@H](C)CCl)c(Cl)c2)cc1Cl. The molecular weight excluding hydrogens is 427 g/mol. The summed E-state index contributed by atoms with van der Waals surface area (Å²) in [6.45, 7) is 11.9. The quantitative estimate of drug-likeness (QED) is 0.336. The maximum Gasteiger partial charge on any atom is 0.137 e. The minimum Gasteiger partial charge on any atom is -0.492 e. The minimum absolute atomic E-state index is 0.270. The lowest BCUT2D eigenvalue weighted by atomic mass is 9.78. The first-order valence-corrected chi connectivity index (χ1v) is 11.4. The highest BCUT2D eigenvalue weighted by Gasteiger charge is 2.25. The zero-order chi connectivity index (χ0) is 21.6. The van der Waals surface area contributed by atoms with Gasteiger partial charge in [0, 0.05) is 17.2 Å². The van der Waals surface area contributed by atoms with Crippen LogP contribution in [0.4, 0.5) is 0 Å². The summed E-state index contributed by atoms with van der Waals surface area (Å²) in [5.74, 6) is 2.72. The second kappa shape index (κ2) is 10.8. The van der Waals surface area contributed by atoms with Crippen molar-refractivity contribution in [3.63, 3.8) is 0 Å². The molecule has 2 rings (SSSR count). The van der Waals surface area contributed by atoms with Crippen molar-refractivity contribution < 1.29 is 9.47 Å². The van der Waals surface area contributed by atoms with Crippen molar-refractivity contribution in [2.45, 2.75) is 46.5 Å². The molecular formula is C24H31Cl3O2. The molecule has 0 N–H and O–H groups in total. The minimum atomic E-state index is -0.273. The van der Waals surface area contributed by atoms with E-state index in [1.807, 2.05) is 37.3 Å². The van der Waals surface area contributed by atoms with E-state index in [-0.39, 0.29) is 11.3 Å². The predicted octanol–water partition coefficient (Wildman–Crippen LogP) is 8.00. The van der Waals surface area contributed by atoms with E-state index in [9.17, 15) is 0 Å². The fourth-order valence-corrected chi connectivity index (χ4v) is 3.37. The monoisotopic (exact) mass is 456 g/mol. The van der Waals surface area contributed by atoms with Gasteiger partial charge in [0.05, 0.1) is 23.3 Å². The second-order valence-corrected chi connectivity index (χ2v) is 9.43. The Morgan fingerprint density at radius 1 is 0.828 bits per heavy atom. The van der Waals surface area contributed by atoms with Gasteiger partial charge in [-0.2, -0.15) is 0 Å². The normalized spacial score (nSPS) is 13.8. The summed E-state index contributed by atoms with van der Waals surface area (Å²) >= 11 is 18.8. The maximum absolute atomic E-state index is 6.51. The van der Waals surface area contributed by atoms with E-state index in [1.165, 1.54) is 0 Å². The molecule has 2 aromatic carbocycles. The zero-order valence-electron chi connectivity index (χ0n) is 17.9. The van der Waals surface area contributed by atoms with E-state index in [4.69, 9.17) is 44.3 Å². The molecule has 2 aromatic rings. The van der Waals surface area contributed by atoms with Gasteiger partial charge in [-0.05, 0) is 41.3 Å². The molecule has 0 fully saturated rings. The summed E-state index contributed by atoms with van der Waals surface area (Å²) in [5, 5.41) is 1.22. The Balaban J connectivity index is 2.19. The smallest absolute Gasteiger partial charge is 0.137 e. The molecule has 5 heteroatoms. The van der Waals surface area contributed by atoms with Gasteiger partial charge in [0.2, 0.25) is 0 Å². The molecule has 0 radical (unpaired) electrons. The Morgan fingerprint density at radius 2 is 1.28 bits per heavy atom. The van der Waals surface area contributed by atoms with E-state index >= 15 is 0 Å². The molecule has 0 aliphatic carbocycles. The molecule has 0 saturated heterocycles. The number of rotatable bonds is 10. The largest absolute Gasteiger partial charge is 0.492 e. The first-order chi connectivity index (χ1) is 13.7. The lowest BCUT2D eigenvalue weighted by molar-refractivity contribution is 0.256. The summed E-state index contributed by atoms with van der Waals surface area (Å²) in [7, 11) is 0. The van der Waals surface area contributed by atoms with Crippen LogP contribution in [0.2, 0.25) is 10.0 Å². The zero-order valence-corrected chi connectivity index (χ0v) is 20.2. The van der Waals surface area contributed by atoms with Crippen LogP contribution < -0.4 is 9.47 Å². The molecule has 29 heavy (non-hydrogen) atoms. The van der Waals surface area contributed by atoms with Gasteiger partial charge in [0.15, 0.2) is 0 Å². The van der Waals surface area contributed by atoms with Crippen LogP contribution in [0.3, 0.4) is 0 Å². The van der Waals surface area contributed by atoms with E-state index in [1.54, 1.807) is 0 Å². The standard InChI is InChI=1S/C24H31Cl3O2/c1-6-16(2)14-28-22-9-7-18(11-20(22)26)24(4,5)19-8-10-23(21(27)12-19)29-15-17(3)13-25/h7-12,16-17H,6,13-15H2,1-5H3/t16-,17-/m0/s1. The summed E-state index contributed by atoms with van der Waals surface area (Å²) in [6.07, 6.45) is 1.08. The molecule has 0 unspecified atom stereocenters. The van der Waals surface area contributed by atoms with Crippen molar-refractivity contribution in [1.29, 1.82) is 0 Å². The van der Waals surface area contributed by atoms with E-state index in [0.717, 1.165) is 23.3 Å². The topological polar surface area (TPSA) is 18.5 Å².